The Hall–Kier alpha value is -1.40. The Morgan fingerprint density at radius 2 is 1.53 bits per heavy atom. The summed E-state index contributed by atoms with van der Waals surface area (Å²) in [4.78, 5) is 12.7. The van der Waals surface area contributed by atoms with E-state index in [0.29, 0.717) is 31.8 Å². The fraction of sp³-hybridized carbons (Fsp3) is 0.679. The van der Waals surface area contributed by atoms with Gasteiger partial charge < -0.3 is 18.8 Å². The average Bonchev–Trinajstić information content (AvgIpc) is 2.78. The van der Waals surface area contributed by atoms with Gasteiger partial charge in [-0.25, -0.2) is 0 Å². The minimum atomic E-state index is -3.21. The Labute approximate surface area is 221 Å². The van der Waals surface area contributed by atoms with Crippen LogP contribution >= 0.6 is 7.60 Å². The van der Waals surface area contributed by atoms with Crippen LogP contribution in [0, 0.1) is 0 Å². The highest BCUT2D eigenvalue weighted by molar-refractivity contribution is 7.53. The Morgan fingerprint density at radius 3 is 2.06 bits per heavy atom. The molecule has 0 bridgehead atoms. The number of hydrogen-bond donors (Lipinski definition) is 1. The molecule has 8 heteroatoms. The number of rotatable bonds is 17. The lowest BCUT2D eigenvalue weighted by Crippen LogP contribution is -2.43. The van der Waals surface area contributed by atoms with Crippen molar-refractivity contribution in [2.24, 2.45) is 0 Å². The average molecular weight is 540 g/mol. The molecular weight excluding hydrogens is 489 g/mol. The maximum Gasteiger partial charge on any atom is 0.331 e. The molecule has 0 aliphatic heterocycles. The molecule has 1 amide bonds. The number of unbranched alkanes of at least 4 members (excludes halogenated alkanes) is 4. The summed E-state index contributed by atoms with van der Waals surface area (Å²) in [5.41, 5.74) is 1.66. The molecule has 0 aliphatic carbocycles. The van der Waals surface area contributed by atoms with E-state index in [0.717, 1.165) is 30.6 Å². The molecular formula is C28H50NO5PSi. The highest BCUT2D eigenvalue weighted by Gasteiger charge is 2.38. The fourth-order valence-corrected chi connectivity index (χ4v) is 6.07. The molecule has 0 fully saturated rings. The van der Waals surface area contributed by atoms with Gasteiger partial charge in [-0.15, -0.1) is 0 Å². The summed E-state index contributed by atoms with van der Waals surface area (Å²) in [6.07, 6.45) is 8.48. The molecule has 0 saturated carbocycles. The summed E-state index contributed by atoms with van der Waals surface area (Å²) in [6.45, 7) is 17.5. The summed E-state index contributed by atoms with van der Waals surface area (Å²) in [5.74, 6) is 0.840. The standard InChI is InChI=1S/C28H50NO5PSi/c1-9-12-13-14-15-16-27(30)29-25(21-22-35(31,32-10-2)33-11-3)23-24-17-19-26(20-18-24)34-36(7,8)28(4,5)6/h17-20,23H,9-16,21-22H2,1-8H3,(H,29,30)/b25-23+. The fourth-order valence-electron chi connectivity index (χ4n) is 3.40. The number of nitrogens with one attached hydrogen (secondary N) is 1. The van der Waals surface area contributed by atoms with Crippen LogP contribution in [-0.4, -0.2) is 33.6 Å². The summed E-state index contributed by atoms with van der Waals surface area (Å²) in [5, 5.41) is 3.17. The third-order valence-corrected chi connectivity index (χ3v) is 12.9. The van der Waals surface area contributed by atoms with Gasteiger partial charge in [-0.1, -0.05) is 65.5 Å². The zero-order chi connectivity index (χ0) is 27.2. The van der Waals surface area contributed by atoms with Gasteiger partial charge >= 0.3 is 7.60 Å². The van der Waals surface area contributed by atoms with Crippen molar-refractivity contribution in [3.63, 3.8) is 0 Å². The van der Waals surface area contributed by atoms with Crippen LogP contribution in [-0.2, 0) is 18.4 Å². The van der Waals surface area contributed by atoms with E-state index in [2.05, 4.69) is 46.1 Å². The second-order valence-corrected chi connectivity index (χ2v) is 17.6. The van der Waals surface area contributed by atoms with Crippen LogP contribution in [0.2, 0.25) is 18.1 Å². The third kappa shape index (κ3) is 12.2. The second kappa shape index (κ2) is 15.8. The Morgan fingerprint density at radius 1 is 0.944 bits per heavy atom. The van der Waals surface area contributed by atoms with Crippen LogP contribution in [0.1, 0.15) is 92.1 Å². The third-order valence-electron chi connectivity index (χ3n) is 6.51. The molecule has 0 radical (unpaired) electrons. The zero-order valence-corrected chi connectivity index (χ0v) is 25.8. The predicted octanol–water partition coefficient (Wildman–Crippen LogP) is 8.54. The molecule has 1 aromatic carbocycles. The van der Waals surface area contributed by atoms with Crippen LogP contribution in [0.3, 0.4) is 0 Å². The zero-order valence-electron chi connectivity index (χ0n) is 23.9. The number of benzene rings is 1. The Kier molecular flexibility index (Phi) is 14.3. The lowest BCUT2D eigenvalue weighted by atomic mass is 10.1. The van der Waals surface area contributed by atoms with Crippen LogP contribution in [0.15, 0.2) is 30.0 Å². The van der Waals surface area contributed by atoms with Gasteiger partial charge in [0.1, 0.15) is 5.75 Å². The highest BCUT2D eigenvalue weighted by Crippen LogP contribution is 2.49. The summed E-state index contributed by atoms with van der Waals surface area (Å²) in [7, 11) is -5.13. The van der Waals surface area contributed by atoms with E-state index in [1.54, 1.807) is 13.8 Å². The van der Waals surface area contributed by atoms with E-state index >= 15 is 0 Å². The molecule has 0 atom stereocenters. The largest absolute Gasteiger partial charge is 0.544 e. The molecule has 36 heavy (non-hydrogen) atoms. The van der Waals surface area contributed by atoms with E-state index in [1.807, 2.05) is 30.3 Å². The quantitative estimate of drug-likeness (QED) is 0.122. The SMILES string of the molecule is CCCCCCCC(=O)N/C(=C/c1ccc(O[Si](C)(C)C(C)(C)C)cc1)CCP(=O)(OCC)OCC. The maximum absolute atomic E-state index is 13.0. The number of carbonyl (C=O) groups is 1. The number of allylic oxidation sites excluding steroid dienone is 1. The predicted molar refractivity (Wildman–Crippen MR) is 154 cm³/mol. The van der Waals surface area contributed by atoms with Gasteiger partial charge in [-0.05, 0) is 68.6 Å². The molecule has 0 spiro atoms. The van der Waals surface area contributed by atoms with Crippen molar-refractivity contribution in [2.45, 2.75) is 105 Å². The number of hydrogen-bond acceptors (Lipinski definition) is 5. The lowest BCUT2D eigenvalue weighted by molar-refractivity contribution is -0.120. The second-order valence-electron chi connectivity index (χ2n) is 10.7. The summed E-state index contributed by atoms with van der Waals surface area (Å²) >= 11 is 0. The minimum absolute atomic E-state index is 0.0155. The van der Waals surface area contributed by atoms with Crippen molar-refractivity contribution in [1.82, 2.24) is 5.32 Å². The van der Waals surface area contributed by atoms with Gasteiger partial charge in [0.05, 0.1) is 19.4 Å². The molecule has 1 aromatic rings. The summed E-state index contributed by atoms with van der Waals surface area (Å²) < 4.78 is 30.3. The first-order chi connectivity index (χ1) is 16.9. The normalized spacial score (nSPS) is 13.1. The molecule has 0 aliphatic rings. The smallest absolute Gasteiger partial charge is 0.331 e. The maximum atomic E-state index is 13.0. The van der Waals surface area contributed by atoms with Crippen molar-refractivity contribution in [3.8, 4) is 5.75 Å². The molecule has 0 heterocycles. The molecule has 206 valence electrons. The van der Waals surface area contributed by atoms with Crippen molar-refractivity contribution < 1.29 is 22.8 Å². The van der Waals surface area contributed by atoms with E-state index in [-0.39, 0.29) is 17.1 Å². The van der Waals surface area contributed by atoms with E-state index in [1.165, 1.54) is 12.8 Å². The van der Waals surface area contributed by atoms with E-state index < -0.39 is 15.9 Å². The molecule has 6 nitrogen and oxygen atoms in total. The molecule has 1 N–H and O–H groups in total. The van der Waals surface area contributed by atoms with Crippen molar-refractivity contribution >= 4 is 27.9 Å². The molecule has 1 rings (SSSR count). The topological polar surface area (TPSA) is 73.9 Å². The van der Waals surface area contributed by atoms with Crippen LogP contribution < -0.4 is 9.74 Å². The van der Waals surface area contributed by atoms with Gasteiger partial charge in [0.2, 0.25) is 14.2 Å². The van der Waals surface area contributed by atoms with Crippen molar-refractivity contribution in [3.05, 3.63) is 35.5 Å². The van der Waals surface area contributed by atoms with E-state index in [4.69, 9.17) is 13.5 Å². The molecule has 0 aromatic heterocycles. The Bertz CT molecular complexity index is 852. The molecule has 0 saturated heterocycles. The Balaban J connectivity index is 3.00. The van der Waals surface area contributed by atoms with Gasteiger partial charge in [-0.2, -0.15) is 0 Å². The van der Waals surface area contributed by atoms with Crippen LogP contribution in [0.4, 0.5) is 0 Å². The van der Waals surface area contributed by atoms with Crippen LogP contribution in [0.5, 0.6) is 5.75 Å². The van der Waals surface area contributed by atoms with Crippen LogP contribution in [0.25, 0.3) is 6.08 Å². The van der Waals surface area contributed by atoms with Crippen molar-refractivity contribution in [2.75, 3.05) is 19.4 Å². The first-order valence-electron chi connectivity index (χ1n) is 13.5. The first-order valence-corrected chi connectivity index (χ1v) is 18.2. The van der Waals surface area contributed by atoms with Gasteiger partial charge in [-0.3, -0.25) is 9.36 Å². The summed E-state index contributed by atoms with van der Waals surface area (Å²) in [6, 6.07) is 7.93. The van der Waals surface area contributed by atoms with Crippen molar-refractivity contribution in [1.29, 1.82) is 0 Å². The van der Waals surface area contributed by atoms with Gasteiger partial charge in [0.25, 0.3) is 0 Å². The van der Waals surface area contributed by atoms with Gasteiger partial charge in [0.15, 0.2) is 0 Å². The monoisotopic (exact) mass is 539 g/mol. The van der Waals surface area contributed by atoms with Gasteiger partial charge in [0, 0.05) is 12.1 Å². The first kappa shape index (κ1) is 32.6. The lowest BCUT2D eigenvalue weighted by Gasteiger charge is -2.36. The molecule has 0 unspecified atom stereocenters. The highest BCUT2D eigenvalue weighted by atomic mass is 31.2. The van der Waals surface area contributed by atoms with E-state index in [9.17, 15) is 9.36 Å². The number of amides is 1. The minimum Gasteiger partial charge on any atom is -0.544 e. The number of carbonyl (C=O) groups excluding carboxylic acids is 1.